The first-order chi connectivity index (χ1) is 10.3. The summed E-state index contributed by atoms with van der Waals surface area (Å²) < 4.78 is 0. The van der Waals surface area contributed by atoms with E-state index in [9.17, 15) is 4.79 Å². The molecule has 0 spiro atoms. The van der Waals surface area contributed by atoms with Crippen LogP contribution in [0.2, 0.25) is 0 Å². The predicted molar refractivity (Wildman–Crippen MR) is 90.1 cm³/mol. The van der Waals surface area contributed by atoms with Crippen molar-refractivity contribution in [3.63, 3.8) is 0 Å². The number of hydrogen-bond donors (Lipinski definition) is 1. The van der Waals surface area contributed by atoms with Gasteiger partial charge in [-0.1, -0.05) is 71.1 Å². The summed E-state index contributed by atoms with van der Waals surface area (Å²) in [6.07, 6.45) is 15.9. The Morgan fingerprint density at radius 2 is 1.43 bits per heavy atom. The molecule has 1 radical (unpaired) electrons. The van der Waals surface area contributed by atoms with Crippen LogP contribution in [0.15, 0.2) is 0 Å². The highest BCUT2D eigenvalue weighted by molar-refractivity contribution is 5.84. The summed E-state index contributed by atoms with van der Waals surface area (Å²) >= 11 is 0. The Hall–Kier alpha value is -0.570. The molecule has 0 saturated heterocycles. The highest BCUT2D eigenvalue weighted by atomic mass is 16.3. The molecule has 0 aliphatic heterocycles. The van der Waals surface area contributed by atoms with Crippen LogP contribution in [-0.4, -0.2) is 35.6 Å². The molecule has 0 saturated carbocycles. The van der Waals surface area contributed by atoms with E-state index in [2.05, 4.69) is 6.92 Å². The molecule has 21 heavy (non-hydrogen) atoms. The minimum absolute atomic E-state index is 0.0473. The summed E-state index contributed by atoms with van der Waals surface area (Å²) in [6, 6.07) is 0. The van der Waals surface area contributed by atoms with Crippen molar-refractivity contribution < 1.29 is 9.90 Å². The molecular formula is C18H36NO2. The maximum Gasteiger partial charge on any atom is 0.226 e. The lowest BCUT2D eigenvalue weighted by atomic mass is 10.1. The summed E-state index contributed by atoms with van der Waals surface area (Å²) in [5.74, 6) is 0.0717. The fraction of sp³-hybridized carbons (Fsp3) is 0.889. The summed E-state index contributed by atoms with van der Waals surface area (Å²) in [6.45, 7) is 5.37. The van der Waals surface area contributed by atoms with E-state index in [1.807, 2.05) is 6.92 Å². The molecule has 0 unspecified atom stereocenters. The van der Waals surface area contributed by atoms with E-state index in [-0.39, 0.29) is 12.5 Å². The Balaban J connectivity index is 3.30. The number of rotatable bonds is 15. The molecule has 0 rings (SSSR count). The number of carbonyl (C=O) groups is 1. The Bertz CT molecular complexity index is 231. The first-order valence-corrected chi connectivity index (χ1v) is 8.99. The molecule has 0 bridgehead atoms. The number of carbonyl (C=O) groups excluding carboxylic acids is 1. The average molecular weight is 298 g/mol. The van der Waals surface area contributed by atoms with Gasteiger partial charge in [0.1, 0.15) is 0 Å². The minimum atomic E-state index is 0.0473. The molecule has 0 atom stereocenters. The fourth-order valence-electron chi connectivity index (χ4n) is 2.53. The van der Waals surface area contributed by atoms with Gasteiger partial charge in [-0.05, 0) is 13.3 Å². The Morgan fingerprint density at radius 3 is 1.90 bits per heavy atom. The van der Waals surface area contributed by atoms with Crippen molar-refractivity contribution in [2.75, 3.05) is 19.7 Å². The van der Waals surface area contributed by atoms with Gasteiger partial charge < -0.3 is 10.0 Å². The number of aliphatic hydroxyl groups excluding tert-OH is 1. The van der Waals surface area contributed by atoms with E-state index in [0.29, 0.717) is 13.1 Å². The predicted octanol–water partition coefficient (Wildman–Crippen LogP) is 4.34. The Morgan fingerprint density at radius 1 is 0.905 bits per heavy atom. The molecule has 0 fully saturated rings. The second-order valence-corrected chi connectivity index (χ2v) is 5.82. The Labute approximate surface area is 132 Å². The maximum absolute atomic E-state index is 11.8. The second kappa shape index (κ2) is 15.8. The van der Waals surface area contributed by atoms with Gasteiger partial charge in [-0.15, -0.1) is 0 Å². The molecule has 0 aliphatic rings. The lowest BCUT2D eigenvalue weighted by molar-refractivity contribution is -0.128. The van der Waals surface area contributed by atoms with Gasteiger partial charge in [0, 0.05) is 19.5 Å². The van der Waals surface area contributed by atoms with Crippen LogP contribution in [0.25, 0.3) is 0 Å². The molecule has 3 nitrogen and oxygen atoms in total. The first-order valence-electron chi connectivity index (χ1n) is 8.99. The molecule has 0 aromatic heterocycles. The van der Waals surface area contributed by atoms with Crippen molar-refractivity contribution in [1.82, 2.24) is 4.90 Å². The summed E-state index contributed by atoms with van der Waals surface area (Å²) in [4.78, 5) is 13.5. The average Bonchev–Trinajstić information content (AvgIpc) is 2.50. The standard InChI is InChI=1S/C18H36NO2/c1-3-5-6-7-8-9-10-11-12-13-14-15-18(21)19(4-2)16-17-20/h15,20H,3-14,16-17H2,1-2H3. The van der Waals surface area contributed by atoms with Crippen LogP contribution in [0.3, 0.4) is 0 Å². The first kappa shape index (κ1) is 20.4. The van der Waals surface area contributed by atoms with Crippen molar-refractivity contribution in [3.05, 3.63) is 6.42 Å². The monoisotopic (exact) mass is 298 g/mol. The Kier molecular flexibility index (Phi) is 15.4. The smallest absolute Gasteiger partial charge is 0.226 e. The summed E-state index contributed by atoms with van der Waals surface area (Å²) in [5, 5.41) is 8.87. The quantitative estimate of drug-likeness (QED) is 0.457. The zero-order chi connectivity index (χ0) is 15.8. The van der Waals surface area contributed by atoms with Crippen LogP contribution in [0, 0.1) is 6.42 Å². The molecule has 0 heterocycles. The fourth-order valence-corrected chi connectivity index (χ4v) is 2.53. The lowest BCUT2D eigenvalue weighted by Crippen LogP contribution is -2.33. The van der Waals surface area contributed by atoms with Gasteiger partial charge in [0.15, 0.2) is 0 Å². The molecule has 0 aliphatic carbocycles. The van der Waals surface area contributed by atoms with Gasteiger partial charge in [-0.25, -0.2) is 0 Å². The van der Waals surface area contributed by atoms with Crippen LogP contribution < -0.4 is 0 Å². The number of amides is 1. The van der Waals surface area contributed by atoms with E-state index < -0.39 is 0 Å². The molecule has 3 heteroatoms. The summed E-state index contributed by atoms with van der Waals surface area (Å²) in [5.41, 5.74) is 0. The largest absolute Gasteiger partial charge is 0.395 e. The van der Waals surface area contributed by atoms with E-state index in [4.69, 9.17) is 5.11 Å². The second-order valence-electron chi connectivity index (χ2n) is 5.82. The highest BCUT2D eigenvalue weighted by Crippen LogP contribution is 2.12. The number of likely N-dealkylation sites (N-methyl/N-ethyl adjacent to an activating group) is 1. The van der Waals surface area contributed by atoms with E-state index in [0.717, 1.165) is 12.8 Å². The number of aliphatic hydroxyl groups is 1. The molecule has 0 aromatic rings. The van der Waals surface area contributed by atoms with Gasteiger partial charge in [0.25, 0.3) is 0 Å². The van der Waals surface area contributed by atoms with Crippen LogP contribution in [0.5, 0.6) is 0 Å². The molecule has 1 amide bonds. The highest BCUT2D eigenvalue weighted by Gasteiger charge is 2.10. The van der Waals surface area contributed by atoms with Crippen molar-refractivity contribution in [3.8, 4) is 0 Å². The molecule has 125 valence electrons. The van der Waals surface area contributed by atoms with Crippen molar-refractivity contribution in [2.24, 2.45) is 0 Å². The number of nitrogens with zero attached hydrogens (tertiary/aromatic N) is 1. The van der Waals surface area contributed by atoms with Crippen LogP contribution >= 0.6 is 0 Å². The van der Waals surface area contributed by atoms with Crippen LogP contribution in [-0.2, 0) is 4.79 Å². The number of hydrogen-bond acceptors (Lipinski definition) is 2. The number of unbranched alkanes of at least 4 members (excludes halogenated alkanes) is 10. The lowest BCUT2D eigenvalue weighted by Gasteiger charge is -2.19. The van der Waals surface area contributed by atoms with Crippen molar-refractivity contribution >= 4 is 5.91 Å². The zero-order valence-corrected chi connectivity index (χ0v) is 14.3. The third-order valence-electron chi connectivity index (χ3n) is 3.94. The summed E-state index contributed by atoms with van der Waals surface area (Å²) in [7, 11) is 0. The van der Waals surface area contributed by atoms with Crippen molar-refractivity contribution in [2.45, 2.75) is 84.5 Å². The maximum atomic E-state index is 11.8. The topological polar surface area (TPSA) is 40.5 Å². The normalized spacial score (nSPS) is 10.8. The zero-order valence-electron chi connectivity index (χ0n) is 14.3. The van der Waals surface area contributed by atoms with Gasteiger partial charge in [-0.2, -0.15) is 0 Å². The van der Waals surface area contributed by atoms with Gasteiger partial charge in [0.2, 0.25) is 5.91 Å². The van der Waals surface area contributed by atoms with Gasteiger partial charge >= 0.3 is 0 Å². The van der Waals surface area contributed by atoms with E-state index in [1.165, 1.54) is 57.8 Å². The van der Waals surface area contributed by atoms with Crippen LogP contribution in [0.4, 0.5) is 0 Å². The van der Waals surface area contributed by atoms with E-state index >= 15 is 0 Å². The van der Waals surface area contributed by atoms with E-state index in [1.54, 1.807) is 11.3 Å². The molecule has 1 N–H and O–H groups in total. The van der Waals surface area contributed by atoms with Gasteiger partial charge in [0.05, 0.1) is 6.61 Å². The van der Waals surface area contributed by atoms with Gasteiger partial charge in [-0.3, -0.25) is 4.79 Å². The van der Waals surface area contributed by atoms with Crippen molar-refractivity contribution in [1.29, 1.82) is 0 Å². The third kappa shape index (κ3) is 12.9. The van der Waals surface area contributed by atoms with Crippen LogP contribution in [0.1, 0.15) is 84.5 Å². The minimum Gasteiger partial charge on any atom is -0.395 e. The third-order valence-corrected chi connectivity index (χ3v) is 3.94. The SMILES string of the molecule is CCCCCCCCCCCC[CH]C(=O)N(CC)CCO. The molecular weight excluding hydrogens is 262 g/mol. The molecule has 0 aromatic carbocycles.